The minimum Gasteiger partial charge on any atom is -0.380 e. The highest BCUT2D eigenvalue weighted by atomic mass is 19.4. The van der Waals surface area contributed by atoms with E-state index in [-0.39, 0.29) is 11.3 Å². The molecule has 2 fully saturated rings. The molecular weight excluding hydrogens is 207 g/mol. The third-order valence-electron chi connectivity index (χ3n) is 3.25. The molecule has 0 amide bonds. The lowest BCUT2D eigenvalue weighted by molar-refractivity contribution is -0.257. The summed E-state index contributed by atoms with van der Waals surface area (Å²) in [6, 6.07) is -1.29. The fraction of sp³-hybridized carbons (Fsp3) is 1.00. The Hall–Kier alpha value is -0.290. The summed E-state index contributed by atoms with van der Waals surface area (Å²) < 4.78 is 43.3. The highest BCUT2D eigenvalue weighted by Gasteiger charge is 2.56. The molecule has 2 saturated heterocycles. The van der Waals surface area contributed by atoms with Crippen LogP contribution in [0.25, 0.3) is 0 Å². The molecule has 2 rings (SSSR count). The Morgan fingerprint density at radius 1 is 1.20 bits per heavy atom. The lowest BCUT2D eigenvalue weighted by Gasteiger charge is -2.58. The number of rotatable bonds is 2. The van der Waals surface area contributed by atoms with Crippen LogP contribution in [0.1, 0.15) is 13.8 Å². The van der Waals surface area contributed by atoms with Gasteiger partial charge < -0.3 is 4.74 Å². The van der Waals surface area contributed by atoms with Crippen LogP contribution in [-0.4, -0.2) is 43.4 Å². The van der Waals surface area contributed by atoms with Crippen molar-refractivity contribution in [3.8, 4) is 0 Å². The van der Waals surface area contributed by atoms with Crippen LogP contribution in [0.5, 0.6) is 0 Å². The molecule has 88 valence electrons. The first-order valence-corrected chi connectivity index (χ1v) is 5.23. The topological polar surface area (TPSA) is 12.5 Å². The monoisotopic (exact) mass is 223 g/mol. The number of likely N-dealkylation sites (tertiary alicyclic amines) is 1. The third-order valence-corrected chi connectivity index (χ3v) is 3.25. The molecule has 0 aromatic carbocycles. The van der Waals surface area contributed by atoms with Crippen LogP contribution in [0, 0.1) is 11.3 Å². The van der Waals surface area contributed by atoms with E-state index in [1.165, 1.54) is 4.90 Å². The number of alkyl halides is 3. The van der Waals surface area contributed by atoms with E-state index in [0.717, 1.165) is 0 Å². The van der Waals surface area contributed by atoms with Gasteiger partial charge in [-0.05, 0) is 5.92 Å². The standard InChI is InChI=1S/C10H16F3NO/c1-7(2)8(10(11,12)13)14-3-9(4-14)5-15-6-9/h7-8H,3-6H2,1-2H3/t8-/m1/s1. The molecule has 0 saturated carbocycles. The van der Waals surface area contributed by atoms with Gasteiger partial charge in [-0.1, -0.05) is 13.8 Å². The third kappa shape index (κ3) is 1.87. The maximum absolute atomic E-state index is 12.7. The lowest BCUT2D eigenvalue weighted by atomic mass is 9.76. The molecule has 0 N–H and O–H groups in total. The van der Waals surface area contributed by atoms with Gasteiger partial charge in [-0.15, -0.1) is 0 Å². The van der Waals surface area contributed by atoms with Crippen LogP contribution in [0.15, 0.2) is 0 Å². The number of hydrogen-bond donors (Lipinski definition) is 0. The lowest BCUT2D eigenvalue weighted by Crippen LogP contribution is -2.70. The van der Waals surface area contributed by atoms with Crippen molar-refractivity contribution in [1.82, 2.24) is 4.90 Å². The predicted molar refractivity (Wildman–Crippen MR) is 49.5 cm³/mol. The number of hydrogen-bond acceptors (Lipinski definition) is 2. The van der Waals surface area contributed by atoms with Gasteiger partial charge in [0.25, 0.3) is 0 Å². The first kappa shape index (κ1) is 11.2. The van der Waals surface area contributed by atoms with Crippen LogP contribution in [0.3, 0.4) is 0 Å². The van der Waals surface area contributed by atoms with Gasteiger partial charge in [0.1, 0.15) is 6.04 Å². The summed E-state index contributed by atoms with van der Waals surface area (Å²) in [6.07, 6.45) is -4.11. The maximum atomic E-state index is 12.7. The molecule has 1 atom stereocenters. The summed E-state index contributed by atoms with van der Waals surface area (Å²) in [5.74, 6) is -0.386. The van der Waals surface area contributed by atoms with E-state index < -0.39 is 12.2 Å². The fourth-order valence-electron chi connectivity index (χ4n) is 2.59. The highest BCUT2D eigenvalue weighted by Crippen LogP contribution is 2.43. The van der Waals surface area contributed by atoms with Crippen LogP contribution in [0.2, 0.25) is 0 Å². The second-order valence-corrected chi connectivity index (χ2v) is 5.13. The summed E-state index contributed by atoms with van der Waals surface area (Å²) in [7, 11) is 0. The molecule has 2 heterocycles. The van der Waals surface area contributed by atoms with Gasteiger partial charge in [0.05, 0.1) is 13.2 Å². The van der Waals surface area contributed by atoms with E-state index in [2.05, 4.69) is 0 Å². The van der Waals surface area contributed by atoms with Crippen molar-refractivity contribution in [2.45, 2.75) is 26.1 Å². The van der Waals surface area contributed by atoms with Gasteiger partial charge in [-0.3, -0.25) is 4.90 Å². The Kier molecular flexibility index (Phi) is 2.50. The molecule has 2 aliphatic rings. The number of nitrogens with zero attached hydrogens (tertiary/aromatic N) is 1. The Labute approximate surface area is 87.4 Å². The largest absolute Gasteiger partial charge is 0.404 e. The number of ether oxygens (including phenoxy) is 1. The first-order chi connectivity index (χ1) is 6.84. The predicted octanol–water partition coefficient (Wildman–Crippen LogP) is 1.91. The molecule has 0 aliphatic carbocycles. The SMILES string of the molecule is CC(C)[C@@H](N1CC2(COC2)C1)C(F)(F)F. The molecule has 0 unspecified atom stereocenters. The maximum Gasteiger partial charge on any atom is 0.404 e. The molecule has 2 nitrogen and oxygen atoms in total. The van der Waals surface area contributed by atoms with E-state index in [1.54, 1.807) is 13.8 Å². The van der Waals surface area contributed by atoms with Crippen molar-refractivity contribution in [1.29, 1.82) is 0 Å². The molecule has 0 aromatic heterocycles. The van der Waals surface area contributed by atoms with Gasteiger partial charge in [-0.2, -0.15) is 13.2 Å². The van der Waals surface area contributed by atoms with Crippen LogP contribution < -0.4 is 0 Å². The van der Waals surface area contributed by atoms with E-state index in [0.29, 0.717) is 26.3 Å². The van der Waals surface area contributed by atoms with Crippen molar-refractivity contribution >= 4 is 0 Å². The van der Waals surface area contributed by atoms with Gasteiger partial charge in [-0.25, -0.2) is 0 Å². The van der Waals surface area contributed by atoms with Crippen molar-refractivity contribution in [3.05, 3.63) is 0 Å². The average molecular weight is 223 g/mol. The van der Waals surface area contributed by atoms with Crippen molar-refractivity contribution in [2.24, 2.45) is 11.3 Å². The highest BCUT2D eigenvalue weighted by molar-refractivity contribution is 5.03. The van der Waals surface area contributed by atoms with Crippen molar-refractivity contribution < 1.29 is 17.9 Å². The van der Waals surface area contributed by atoms with E-state index >= 15 is 0 Å². The second-order valence-electron chi connectivity index (χ2n) is 5.13. The molecule has 5 heteroatoms. The molecule has 2 aliphatic heterocycles. The van der Waals surface area contributed by atoms with Gasteiger partial charge >= 0.3 is 6.18 Å². The average Bonchev–Trinajstić information content (AvgIpc) is 1.86. The minimum atomic E-state index is -4.11. The summed E-state index contributed by atoms with van der Waals surface area (Å²) in [6.45, 7) is 5.59. The molecule has 0 radical (unpaired) electrons. The van der Waals surface area contributed by atoms with Crippen LogP contribution >= 0.6 is 0 Å². The van der Waals surface area contributed by atoms with E-state index in [9.17, 15) is 13.2 Å². The summed E-state index contributed by atoms with van der Waals surface area (Å²) in [4.78, 5) is 1.53. The molecule has 15 heavy (non-hydrogen) atoms. The van der Waals surface area contributed by atoms with Crippen molar-refractivity contribution in [2.75, 3.05) is 26.3 Å². The number of halogens is 3. The minimum absolute atomic E-state index is 0.0540. The normalized spacial score (nSPS) is 27.6. The first-order valence-electron chi connectivity index (χ1n) is 5.23. The quantitative estimate of drug-likeness (QED) is 0.709. The zero-order valence-corrected chi connectivity index (χ0v) is 8.97. The molecular formula is C10H16F3NO. The van der Waals surface area contributed by atoms with Gasteiger partial charge in [0.15, 0.2) is 0 Å². The molecule has 0 bridgehead atoms. The summed E-state index contributed by atoms with van der Waals surface area (Å²) >= 11 is 0. The molecule has 1 spiro atoms. The Bertz CT molecular complexity index is 240. The fourth-order valence-corrected chi connectivity index (χ4v) is 2.59. The van der Waals surface area contributed by atoms with Crippen molar-refractivity contribution in [3.63, 3.8) is 0 Å². The summed E-state index contributed by atoms with van der Waals surface area (Å²) in [5.41, 5.74) is 0.0540. The Morgan fingerprint density at radius 3 is 2.00 bits per heavy atom. The zero-order valence-electron chi connectivity index (χ0n) is 8.97. The van der Waals surface area contributed by atoms with Crippen LogP contribution in [0.4, 0.5) is 13.2 Å². The van der Waals surface area contributed by atoms with Gasteiger partial charge in [0.2, 0.25) is 0 Å². The molecule has 0 aromatic rings. The Balaban J connectivity index is 1.96. The summed E-state index contributed by atoms with van der Waals surface area (Å²) in [5, 5.41) is 0. The zero-order chi connectivity index (χ0) is 11.3. The smallest absolute Gasteiger partial charge is 0.380 e. The van der Waals surface area contributed by atoms with Gasteiger partial charge in [0, 0.05) is 18.5 Å². The van der Waals surface area contributed by atoms with E-state index in [4.69, 9.17) is 4.74 Å². The second kappa shape index (κ2) is 3.35. The Morgan fingerprint density at radius 2 is 1.73 bits per heavy atom. The van der Waals surface area contributed by atoms with Crippen LogP contribution in [-0.2, 0) is 4.74 Å². The van der Waals surface area contributed by atoms with E-state index in [1.807, 2.05) is 0 Å².